The zero-order valence-electron chi connectivity index (χ0n) is 15.4. The van der Waals surface area contributed by atoms with Gasteiger partial charge in [-0.15, -0.1) is 0 Å². The quantitative estimate of drug-likeness (QED) is 0.236. The maximum Gasteiger partial charge on any atom is 0.131 e. The van der Waals surface area contributed by atoms with E-state index in [0.29, 0.717) is 22.3 Å². The van der Waals surface area contributed by atoms with Gasteiger partial charge in [0, 0.05) is 33.4 Å². The van der Waals surface area contributed by atoms with Gasteiger partial charge >= 0.3 is 0 Å². The summed E-state index contributed by atoms with van der Waals surface area (Å²) < 4.78 is 60.4. The van der Waals surface area contributed by atoms with Gasteiger partial charge < -0.3 is 0 Å². The highest BCUT2D eigenvalue weighted by molar-refractivity contribution is 6.19. The average Bonchev–Trinajstić information content (AvgIpc) is 3.25. The molecule has 0 unspecified atom stereocenters. The topological polar surface area (TPSA) is 0 Å². The monoisotopic (exact) mass is 400 g/mol. The van der Waals surface area contributed by atoms with Crippen LogP contribution in [0.5, 0.6) is 0 Å². The van der Waals surface area contributed by atoms with Crippen LogP contribution < -0.4 is 0 Å². The van der Waals surface area contributed by atoms with Crippen LogP contribution >= 0.6 is 0 Å². The summed E-state index contributed by atoms with van der Waals surface area (Å²) in [6, 6.07) is 18.1. The maximum atomic E-state index is 15.1. The van der Waals surface area contributed by atoms with Gasteiger partial charge in [0.15, 0.2) is 0 Å². The van der Waals surface area contributed by atoms with Crippen LogP contribution in [-0.4, -0.2) is 0 Å². The number of rotatable bonds is 0. The summed E-state index contributed by atoms with van der Waals surface area (Å²) in [5.74, 6) is -2.25. The smallest absolute Gasteiger partial charge is 0.131 e. The average molecular weight is 400 g/mol. The zero-order valence-corrected chi connectivity index (χ0v) is 15.4. The molecule has 0 heterocycles. The molecule has 0 nitrogen and oxygen atoms in total. The maximum absolute atomic E-state index is 15.1. The van der Waals surface area contributed by atoms with Crippen molar-refractivity contribution < 1.29 is 17.6 Å². The van der Waals surface area contributed by atoms with Gasteiger partial charge in [0.2, 0.25) is 0 Å². The molecule has 0 N–H and O–H groups in total. The number of halogens is 4. The van der Waals surface area contributed by atoms with Gasteiger partial charge in [-0.25, -0.2) is 17.6 Å². The molecule has 144 valence electrons. The van der Waals surface area contributed by atoms with Gasteiger partial charge in [-0.05, 0) is 46.5 Å². The summed E-state index contributed by atoms with van der Waals surface area (Å²) in [4.78, 5) is 0. The summed E-state index contributed by atoms with van der Waals surface area (Å²) in [5, 5.41) is 0. The first-order valence-electron chi connectivity index (χ1n) is 9.48. The largest absolute Gasteiger partial charge is 0.206 e. The number of hydrogen-bond acceptors (Lipinski definition) is 0. The van der Waals surface area contributed by atoms with Crippen molar-refractivity contribution in [1.82, 2.24) is 0 Å². The molecule has 0 fully saturated rings. The first kappa shape index (κ1) is 17.2. The Labute approximate surface area is 169 Å². The molecule has 0 saturated carbocycles. The van der Waals surface area contributed by atoms with Gasteiger partial charge in [0.25, 0.3) is 0 Å². The highest BCUT2D eigenvalue weighted by Gasteiger charge is 2.37. The summed E-state index contributed by atoms with van der Waals surface area (Å²) in [7, 11) is 0. The molecule has 0 aromatic heterocycles. The number of fused-ring (bicyclic) bond motifs is 6. The van der Waals surface area contributed by atoms with Crippen LogP contribution in [-0.2, 0) is 0 Å². The Morgan fingerprint density at radius 1 is 0.333 bits per heavy atom. The van der Waals surface area contributed by atoms with Crippen molar-refractivity contribution in [2.75, 3.05) is 0 Å². The van der Waals surface area contributed by atoms with Gasteiger partial charge in [0.05, 0.1) is 0 Å². The fourth-order valence-electron chi connectivity index (χ4n) is 4.76. The lowest BCUT2D eigenvalue weighted by molar-refractivity contribution is 0.618. The Hall–Kier alpha value is -3.66. The fraction of sp³-hybridized carbons (Fsp3) is 0. The van der Waals surface area contributed by atoms with E-state index in [1.165, 1.54) is 24.3 Å². The molecule has 2 aliphatic carbocycles. The molecule has 4 aromatic carbocycles. The second-order valence-electron chi connectivity index (χ2n) is 7.40. The molecule has 0 radical (unpaired) electrons. The van der Waals surface area contributed by atoms with E-state index in [1.54, 1.807) is 48.5 Å². The Balaban J connectivity index is 1.89. The van der Waals surface area contributed by atoms with E-state index in [-0.39, 0.29) is 33.4 Å². The summed E-state index contributed by atoms with van der Waals surface area (Å²) >= 11 is 0. The second-order valence-corrected chi connectivity index (χ2v) is 7.40. The van der Waals surface area contributed by atoms with Gasteiger partial charge in [-0.1, -0.05) is 48.5 Å². The number of hydrogen-bond donors (Lipinski definition) is 0. The molecule has 6 rings (SSSR count). The van der Waals surface area contributed by atoms with Crippen molar-refractivity contribution in [2.45, 2.75) is 0 Å². The van der Waals surface area contributed by atoms with Crippen LogP contribution in [0.1, 0.15) is 22.3 Å². The van der Waals surface area contributed by atoms with E-state index in [2.05, 4.69) is 0 Å². The third kappa shape index (κ3) is 2.05. The SMILES string of the molecule is Fc1cccc2c1C(=C1c3c(F)cccc3-c3cccc(F)c31)c1c(F)cccc1-2. The molecule has 0 bridgehead atoms. The van der Waals surface area contributed by atoms with Crippen LogP contribution in [0.2, 0.25) is 0 Å². The van der Waals surface area contributed by atoms with Crippen molar-refractivity contribution in [3.05, 3.63) is 118 Å². The first-order chi connectivity index (χ1) is 14.6. The minimum Gasteiger partial charge on any atom is -0.206 e. The third-order valence-corrected chi connectivity index (χ3v) is 5.88. The van der Waals surface area contributed by atoms with E-state index >= 15 is 17.6 Å². The molecule has 0 atom stereocenters. The highest BCUT2D eigenvalue weighted by atomic mass is 19.1. The molecule has 2 aliphatic rings. The van der Waals surface area contributed by atoms with E-state index in [9.17, 15) is 0 Å². The molecule has 0 aliphatic heterocycles. The Morgan fingerprint density at radius 3 is 0.800 bits per heavy atom. The van der Waals surface area contributed by atoms with Crippen LogP contribution in [0.15, 0.2) is 72.8 Å². The molecule has 4 aromatic rings. The van der Waals surface area contributed by atoms with Crippen molar-refractivity contribution in [2.24, 2.45) is 0 Å². The van der Waals surface area contributed by atoms with Crippen molar-refractivity contribution >= 4 is 11.1 Å². The van der Waals surface area contributed by atoms with Gasteiger partial charge in [0.1, 0.15) is 23.3 Å². The molecule has 0 saturated heterocycles. The van der Waals surface area contributed by atoms with Gasteiger partial charge in [-0.3, -0.25) is 0 Å². The molecule has 0 amide bonds. The molecule has 30 heavy (non-hydrogen) atoms. The van der Waals surface area contributed by atoms with Crippen LogP contribution in [0.4, 0.5) is 17.6 Å². The molecular weight excluding hydrogens is 388 g/mol. The van der Waals surface area contributed by atoms with E-state index in [1.807, 2.05) is 0 Å². The Morgan fingerprint density at radius 2 is 0.567 bits per heavy atom. The van der Waals surface area contributed by atoms with Crippen molar-refractivity contribution in [3.63, 3.8) is 0 Å². The first-order valence-corrected chi connectivity index (χ1v) is 9.48. The van der Waals surface area contributed by atoms with Crippen LogP contribution in [0, 0.1) is 23.3 Å². The van der Waals surface area contributed by atoms with Crippen molar-refractivity contribution in [3.8, 4) is 22.3 Å². The Kier molecular flexibility index (Phi) is 3.40. The third-order valence-electron chi connectivity index (χ3n) is 5.88. The summed E-state index contributed by atoms with van der Waals surface area (Å²) in [5.41, 5.74) is 3.07. The predicted octanol–water partition coefficient (Wildman–Crippen LogP) is 7.21. The van der Waals surface area contributed by atoms with Crippen LogP contribution in [0.25, 0.3) is 33.4 Å². The lowest BCUT2D eigenvalue weighted by Gasteiger charge is -2.13. The second kappa shape index (κ2) is 5.92. The van der Waals surface area contributed by atoms with Crippen LogP contribution in [0.3, 0.4) is 0 Å². The number of benzene rings is 4. The minimum absolute atomic E-state index is 0.165. The normalized spacial score (nSPS) is 13.2. The van der Waals surface area contributed by atoms with Crippen molar-refractivity contribution in [1.29, 1.82) is 0 Å². The summed E-state index contributed by atoms with van der Waals surface area (Å²) in [6.07, 6.45) is 0. The van der Waals surface area contributed by atoms with E-state index in [4.69, 9.17) is 0 Å². The molecule has 0 spiro atoms. The summed E-state index contributed by atoms with van der Waals surface area (Å²) in [6.45, 7) is 0. The molecular formula is C26H12F4. The van der Waals surface area contributed by atoms with E-state index < -0.39 is 23.3 Å². The Bertz CT molecular complexity index is 1210. The fourth-order valence-corrected chi connectivity index (χ4v) is 4.76. The lowest BCUT2D eigenvalue weighted by atomic mass is 9.90. The van der Waals surface area contributed by atoms with Gasteiger partial charge in [-0.2, -0.15) is 0 Å². The molecule has 4 heteroatoms. The lowest BCUT2D eigenvalue weighted by Crippen LogP contribution is -1.98. The highest BCUT2D eigenvalue weighted by Crippen LogP contribution is 2.56. The standard InChI is InChI=1S/C26H12F4/c27-17-9-1-5-13-14-6-2-10-18(28)22(14)25(21(13)17)26-23-15(7-3-11-19(23)29)16-8-4-12-20(30)24(16)26/h1-12H. The minimum atomic E-state index is -0.562. The predicted molar refractivity (Wildman–Crippen MR) is 109 cm³/mol. The zero-order chi connectivity index (χ0) is 20.6. The van der Waals surface area contributed by atoms with E-state index in [0.717, 1.165) is 0 Å².